The first-order valence-electron chi connectivity index (χ1n) is 8.87. The van der Waals surface area contributed by atoms with Crippen molar-refractivity contribution in [2.24, 2.45) is 4.99 Å². The van der Waals surface area contributed by atoms with E-state index >= 15 is 0 Å². The van der Waals surface area contributed by atoms with Gasteiger partial charge in [0.15, 0.2) is 5.96 Å². The lowest BCUT2D eigenvalue weighted by Crippen LogP contribution is -2.42. The lowest BCUT2D eigenvalue weighted by molar-refractivity contribution is 0.0435. The van der Waals surface area contributed by atoms with Gasteiger partial charge in [-0.05, 0) is 45.0 Å². The Kier molecular flexibility index (Phi) is 9.65. The van der Waals surface area contributed by atoms with Crippen molar-refractivity contribution < 1.29 is 14.3 Å². The molecule has 0 bridgehead atoms. The van der Waals surface area contributed by atoms with Crippen molar-refractivity contribution in [1.82, 2.24) is 10.2 Å². The first kappa shape index (κ1) is 23.3. The number of aliphatic imine (C=N–C) groups is 1. The average Bonchev–Trinajstić information content (AvgIpc) is 3.16. The van der Waals surface area contributed by atoms with Gasteiger partial charge < -0.3 is 24.5 Å². The lowest BCUT2D eigenvalue weighted by atomic mass is 10.0. The highest BCUT2D eigenvalue weighted by molar-refractivity contribution is 14.0. The van der Waals surface area contributed by atoms with Crippen LogP contribution in [0.4, 0.5) is 0 Å². The van der Waals surface area contributed by atoms with E-state index in [2.05, 4.69) is 10.3 Å². The van der Waals surface area contributed by atoms with Gasteiger partial charge in [0.2, 0.25) is 0 Å². The summed E-state index contributed by atoms with van der Waals surface area (Å²) < 4.78 is 11.1. The topological polar surface area (TPSA) is 70.2 Å². The molecule has 150 valence electrons. The number of hydrogen-bond donors (Lipinski definition) is 2. The van der Waals surface area contributed by atoms with Crippen molar-refractivity contribution >= 4 is 29.9 Å². The third-order valence-corrected chi connectivity index (χ3v) is 4.00. The standard InChI is InChI=1S/C20H29N3O3.HI/c1-5-21-19(22-15-20(3,24)18-7-6-13-26-18)23(4)12-14-25-17-10-8-16(2)9-11-17;/h6-11,13,24H,5,12,14-15H2,1-4H3,(H,21,22);1H. The molecular formula is C20H30IN3O3. The minimum atomic E-state index is -1.15. The normalized spacial score (nSPS) is 13.4. The highest BCUT2D eigenvalue weighted by Gasteiger charge is 2.26. The Morgan fingerprint density at radius 3 is 2.59 bits per heavy atom. The molecule has 0 fully saturated rings. The van der Waals surface area contributed by atoms with Crippen LogP contribution >= 0.6 is 24.0 Å². The second-order valence-corrected chi connectivity index (χ2v) is 6.50. The van der Waals surface area contributed by atoms with E-state index in [4.69, 9.17) is 9.15 Å². The molecule has 0 aliphatic carbocycles. The molecule has 0 saturated heterocycles. The fraction of sp³-hybridized carbons (Fsp3) is 0.450. The number of benzene rings is 1. The van der Waals surface area contributed by atoms with Crippen LogP contribution in [0.25, 0.3) is 0 Å². The van der Waals surface area contributed by atoms with Gasteiger partial charge in [-0.15, -0.1) is 24.0 Å². The van der Waals surface area contributed by atoms with Gasteiger partial charge in [-0.25, -0.2) is 4.99 Å². The number of guanidine groups is 1. The van der Waals surface area contributed by atoms with E-state index in [1.54, 1.807) is 25.3 Å². The highest BCUT2D eigenvalue weighted by Crippen LogP contribution is 2.21. The van der Waals surface area contributed by atoms with Gasteiger partial charge in [-0.3, -0.25) is 0 Å². The smallest absolute Gasteiger partial charge is 0.193 e. The molecule has 1 aromatic heterocycles. The van der Waals surface area contributed by atoms with Gasteiger partial charge in [0, 0.05) is 13.6 Å². The zero-order chi connectivity index (χ0) is 19.0. The van der Waals surface area contributed by atoms with E-state index in [9.17, 15) is 5.11 Å². The molecule has 2 N–H and O–H groups in total. The van der Waals surface area contributed by atoms with Crippen LogP contribution in [-0.2, 0) is 5.60 Å². The van der Waals surface area contributed by atoms with Gasteiger partial charge in [0.1, 0.15) is 23.7 Å². The Balaban J connectivity index is 0.00000364. The number of hydrogen-bond acceptors (Lipinski definition) is 4. The summed E-state index contributed by atoms with van der Waals surface area (Å²) in [6.07, 6.45) is 1.55. The van der Waals surface area contributed by atoms with Gasteiger partial charge in [0.05, 0.1) is 19.4 Å². The van der Waals surface area contributed by atoms with Gasteiger partial charge in [0.25, 0.3) is 0 Å². The number of ether oxygens (including phenoxy) is 1. The third kappa shape index (κ3) is 7.42. The van der Waals surface area contributed by atoms with Crippen molar-refractivity contribution in [2.45, 2.75) is 26.4 Å². The summed E-state index contributed by atoms with van der Waals surface area (Å²) in [5, 5.41) is 13.8. The molecule has 0 radical (unpaired) electrons. The van der Waals surface area contributed by atoms with Crippen LogP contribution in [-0.4, -0.2) is 49.3 Å². The second kappa shape index (κ2) is 11.2. The molecule has 27 heavy (non-hydrogen) atoms. The molecule has 2 aromatic rings. The molecule has 0 spiro atoms. The molecule has 2 rings (SSSR count). The van der Waals surface area contributed by atoms with Gasteiger partial charge in [-0.2, -0.15) is 0 Å². The number of rotatable bonds is 8. The van der Waals surface area contributed by atoms with Gasteiger partial charge >= 0.3 is 0 Å². The summed E-state index contributed by atoms with van der Waals surface area (Å²) in [6.45, 7) is 7.91. The predicted octanol–water partition coefficient (Wildman–Crippen LogP) is 3.39. The van der Waals surface area contributed by atoms with Gasteiger partial charge in [-0.1, -0.05) is 17.7 Å². The lowest BCUT2D eigenvalue weighted by Gasteiger charge is -2.24. The van der Waals surface area contributed by atoms with Crippen LogP contribution in [0.15, 0.2) is 52.1 Å². The van der Waals surface area contributed by atoms with E-state index in [0.29, 0.717) is 24.9 Å². The minimum absolute atomic E-state index is 0. The number of likely N-dealkylation sites (N-methyl/N-ethyl adjacent to an activating group) is 1. The Hall–Kier alpha value is -1.74. The van der Waals surface area contributed by atoms with Crippen LogP contribution in [0, 0.1) is 6.92 Å². The fourth-order valence-electron chi connectivity index (χ4n) is 2.40. The quantitative estimate of drug-likeness (QED) is 0.340. The maximum Gasteiger partial charge on any atom is 0.193 e. The summed E-state index contributed by atoms with van der Waals surface area (Å²) in [7, 11) is 1.95. The molecule has 6 nitrogen and oxygen atoms in total. The largest absolute Gasteiger partial charge is 0.492 e. The minimum Gasteiger partial charge on any atom is -0.492 e. The molecule has 0 saturated carbocycles. The fourth-order valence-corrected chi connectivity index (χ4v) is 2.40. The average molecular weight is 487 g/mol. The van der Waals surface area contributed by atoms with E-state index in [1.807, 2.05) is 50.1 Å². The Bertz CT molecular complexity index is 685. The van der Waals surface area contributed by atoms with E-state index in [-0.39, 0.29) is 30.5 Å². The second-order valence-electron chi connectivity index (χ2n) is 6.50. The van der Waals surface area contributed by atoms with Crippen molar-refractivity contribution in [3.63, 3.8) is 0 Å². The molecule has 1 unspecified atom stereocenters. The predicted molar refractivity (Wildman–Crippen MR) is 119 cm³/mol. The van der Waals surface area contributed by atoms with E-state index < -0.39 is 5.60 Å². The van der Waals surface area contributed by atoms with Crippen molar-refractivity contribution in [1.29, 1.82) is 0 Å². The Labute approximate surface area is 178 Å². The number of aliphatic hydroxyl groups is 1. The number of furan rings is 1. The Morgan fingerprint density at radius 1 is 1.30 bits per heavy atom. The molecule has 1 aromatic carbocycles. The number of aryl methyl sites for hydroxylation is 1. The summed E-state index contributed by atoms with van der Waals surface area (Å²) in [5.74, 6) is 2.07. The Morgan fingerprint density at radius 2 is 2.00 bits per heavy atom. The van der Waals surface area contributed by atoms with Crippen LogP contribution < -0.4 is 10.1 Å². The number of halogens is 1. The molecule has 7 heteroatoms. The van der Waals surface area contributed by atoms with Crippen LogP contribution in [0.3, 0.4) is 0 Å². The van der Waals surface area contributed by atoms with Crippen LogP contribution in [0.1, 0.15) is 25.2 Å². The monoisotopic (exact) mass is 487 g/mol. The number of nitrogens with one attached hydrogen (secondary N) is 1. The molecule has 0 amide bonds. The van der Waals surface area contributed by atoms with Crippen molar-refractivity contribution in [3.05, 3.63) is 54.0 Å². The van der Waals surface area contributed by atoms with Crippen LogP contribution in [0.5, 0.6) is 5.75 Å². The molecule has 0 aliphatic rings. The van der Waals surface area contributed by atoms with Crippen molar-refractivity contribution in [3.8, 4) is 5.75 Å². The zero-order valence-corrected chi connectivity index (χ0v) is 18.8. The number of nitrogens with zero attached hydrogens (tertiary/aromatic N) is 2. The first-order valence-corrected chi connectivity index (χ1v) is 8.87. The molecular weight excluding hydrogens is 457 g/mol. The summed E-state index contributed by atoms with van der Waals surface area (Å²) in [5.41, 5.74) is 0.0586. The van der Waals surface area contributed by atoms with E-state index in [0.717, 1.165) is 12.3 Å². The molecule has 1 atom stereocenters. The SMILES string of the molecule is CCNC(=NCC(C)(O)c1ccco1)N(C)CCOc1ccc(C)cc1.I. The van der Waals surface area contributed by atoms with Crippen LogP contribution in [0.2, 0.25) is 0 Å². The highest BCUT2D eigenvalue weighted by atomic mass is 127. The summed E-state index contributed by atoms with van der Waals surface area (Å²) in [4.78, 5) is 6.53. The summed E-state index contributed by atoms with van der Waals surface area (Å²) in [6, 6.07) is 11.5. The van der Waals surface area contributed by atoms with Crippen molar-refractivity contribution in [2.75, 3.05) is 33.3 Å². The maximum atomic E-state index is 10.5. The maximum absolute atomic E-state index is 10.5. The molecule has 1 heterocycles. The first-order chi connectivity index (χ1) is 12.4. The van der Waals surface area contributed by atoms with E-state index in [1.165, 1.54) is 5.56 Å². The summed E-state index contributed by atoms with van der Waals surface area (Å²) >= 11 is 0. The zero-order valence-electron chi connectivity index (χ0n) is 16.4. The third-order valence-electron chi connectivity index (χ3n) is 4.00. The molecule has 0 aliphatic heterocycles.